The third-order valence-electron chi connectivity index (χ3n) is 3.33. The molecular formula is C18H15F4N3O2. The molecule has 5 nitrogen and oxygen atoms in total. The molecule has 9 heteroatoms. The van der Waals surface area contributed by atoms with E-state index in [2.05, 4.69) is 15.8 Å². The molecule has 0 spiro atoms. The van der Waals surface area contributed by atoms with Crippen LogP contribution >= 0.6 is 0 Å². The fourth-order valence-corrected chi connectivity index (χ4v) is 2.01. The largest absolute Gasteiger partial charge is 0.416 e. The highest BCUT2D eigenvalue weighted by Crippen LogP contribution is 2.30. The third-order valence-corrected chi connectivity index (χ3v) is 3.33. The maximum absolute atomic E-state index is 12.7. The Morgan fingerprint density at radius 1 is 1.00 bits per heavy atom. The molecule has 0 unspecified atom stereocenters. The van der Waals surface area contributed by atoms with E-state index < -0.39 is 29.4 Å². The summed E-state index contributed by atoms with van der Waals surface area (Å²) >= 11 is 0. The topological polar surface area (TPSA) is 70.6 Å². The maximum atomic E-state index is 12.7. The van der Waals surface area contributed by atoms with E-state index in [1.165, 1.54) is 42.6 Å². The zero-order valence-corrected chi connectivity index (χ0v) is 13.9. The average Bonchev–Trinajstić information content (AvgIpc) is 2.61. The average molecular weight is 381 g/mol. The van der Waals surface area contributed by atoms with Crippen LogP contribution in [0.25, 0.3) is 0 Å². The summed E-state index contributed by atoms with van der Waals surface area (Å²) in [6, 6.07) is 9.60. The van der Waals surface area contributed by atoms with Crippen molar-refractivity contribution in [2.75, 3.05) is 5.32 Å². The molecule has 0 fully saturated rings. The lowest BCUT2D eigenvalue weighted by Crippen LogP contribution is -2.20. The lowest BCUT2D eigenvalue weighted by molar-refractivity contribution is -0.137. The van der Waals surface area contributed by atoms with Gasteiger partial charge in [-0.1, -0.05) is 18.2 Å². The molecule has 142 valence electrons. The summed E-state index contributed by atoms with van der Waals surface area (Å²) in [6.45, 7) is 0. The number of nitrogens with one attached hydrogen (secondary N) is 2. The Bertz CT molecular complexity index is 833. The van der Waals surface area contributed by atoms with Crippen LogP contribution in [0.5, 0.6) is 0 Å². The molecular weight excluding hydrogens is 366 g/mol. The van der Waals surface area contributed by atoms with E-state index in [9.17, 15) is 27.2 Å². The van der Waals surface area contributed by atoms with E-state index >= 15 is 0 Å². The molecule has 0 saturated carbocycles. The molecule has 2 rings (SSSR count). The van der Waals surface area contributed by atoms with Gasteiger partial charge in [0.25, 0.3) is 0 Å². The van der Waals surface area contributed by atoms with Gasteiger partial charge in [-0.25, -0.2) is 9.82 Å². The number of hydrazone groups is 1. The number of alkyl halides is 3. The van der Waals surface area contributed by atoms with Gasteiger partial charge in [-0.3, -0.25) is 9.59 Å². The molecule has 0 heterocycles. The number of benzene rings is 2. The second-order valence-corrected chi connectivity index (χ2v) is 5.47. The highest BCUT2D eigenvalue weighted by atomic mass is 19.4. The van der Waals surface area contributed by atoms with Crippen molar-refractivity contribution in [1.82, 2.24) is 5.43 Å². The second kappa shape index (κ2) is 8.93. The summed E-state index contributed by atoms with van der Waals surface area (Å²) in [5.74, 6) is -1.55. The van der Waals surface area contributed by atoms with Gasteiger partial charge < -0.3 is 5.32 Å². The first kappa shape index (κ1) is 20.1. The van der Waals surface area contributed by atoms with Gasteiger partial charge in [-0.05, 0) is 35.9 Å². The van der Waals surface area contributed by atoms with Gasteiger partial charge in [0, 0.05) is 18.5 Å². The number of rotatable bonds is 6. The van der Waals surface area contributed by atoms with E-state index in [1.807, 2.05) is 0 Å². The van der Waals surface area contributed by atoms with Crippen LogP contribution in [0.15, 0.2) is 53.6 Å². The summed E-state index contributed by atoms with van der Waals surface area (Å²) in [6.07, 6.45) is -3.64. The van der Waals surface area contributed by atoms with Crippen molar-refractivity contribution in [2.45, 2.75) is 19.0 Å². The van der Waals surface area contributed by atoms with Gasteiger partial charge >= 0.3 is 6.18 Å². The van der Waals surface area contributed by atoms with Gasteiger partial charge in [0.1, 0.15) is 5.82 Å². The minimum atomic E-state index is -4.51. The quantitative estimate of drug-likeness (QED) is 0.455. The number of hydrogen-bond acceptors (Lipinski definition) is 3. The van der Waals surface area contributed by atoms with Crippen molar-refractivity contribution < 1.29 is 27.2 Å². The van der Waals surface area contributed by atoms with Crippen LogP contribution in [0, 0.1) is 5.82 Å². The van der Waals surface area contributed by atoms with Crippen LogP contribution in [0.2, 0.25) is 0 Å². The van der Waals surface area contributed by atoms with Crippen LogP contribution < -0.4 is 10.7 Å². The zero-order valence-electron chi connectivity index (χ0n) is 13.9. The Morgan fingerprint density at radius 3 is 2.33 bits per heavy atom. The number of halogens is 4. The van der Waals surface area contributed by atoms with Crippen LogP contribution in [0.4, 0.5) is 23.2 Å². The highest BCUT2D eigenvalue weighted by Gasteiger charge is 2.30. The first-order valence-corrected chi connectivity index (χ1v) is 7.78. The van der Waals surface area contributed by atoms with Crippen molar-refractivity contribution in [3.8, 4) is 0 Å². The molecule has 2 amide bonds. The van der Waals surface area contributed by atoms with Crippen molar-refractivity contribution >= 4 is 23.7 Å². The monoisotopic (exact) mass is 381 g/mol. The summed E-state index contributed by atoms with van der Waals surface area (Å²) < 4.78 is 50.6. The van der Waals surface area contributed by atoms with Gasteiger partial charge in [-0.15, -0.1) is 0 Å². The Morgan fingerprint density at radius 2 is 1.67 bits per heavy atom. The molecule has 2 aromatic carbocycles. The van der Waals surface area contributed by atoms with Crippen LogP contribution in [0.3, 0.4) is 0 Å². The molecule has 2 aromatic rings. The van der Waals surface area contributed by atoms with Crippen LogP contribution in [-0.4, -0.2) is 18.0 Å². The lowest BCUT2D eigenvalue weighted by atomic mass is 10.2. The van der Waals surface area contributed by atoms with Crippen LogP contribution in [-0.2, 0) is 15.8 Å². The first-order valence-electron chi connectivity index (χ1n) is 7.78. The zero-order chi connectivity index (χ0) is 19.9. The lowest BCUT2D eigenvalue weighted by Gasteiger charge is -2.09. The Balaban J connectivity index is 1.78. The fourth-order valence-electron chi connectivity index (χ4n) is 2.01. The SMILES string of the molecule is O=C(CCC(=O)Nc1cccc(C(F)(F)F)c1)NN=Cc1ccc(F)cc1. The number of hydrogen-bond donors (Lipinski definition) is 2. The van der Waals surface area contributed by atoms with Gasteiger partial charge in [0.15, 0.2) is 0 Å². The number of carbonyl (C=O) groups is 2. The van der Waals surface area contributed by atoms with E-state index in [4.69, 9.17) is 0 Å². The number of amides is 2. The predicted octanol–water partition coefficient (Wildman–Crippen LogP) is 3.71. The normalized spacial score (nSPS) is 11.4. The molecule has 0 aromatic heterocycles. The van der Waals surface area contributed by atoms with Gasteiger partial charge in [-0.2, -0.15) is 18.3 Å². The number of nitrogens with zero attached hydrogens (tertiary/aromatic N) is 1. The van der Waals surface area contributed by atoms with E-state index in [0.29, 0.717) is 5.56 Å². The number of anilines is 1. The molecule has 27 heavy (non-hydrogen) atoms. The number of carbonyl (C=O) groups excluding carboxylic acids is 2. The van der Waals surface area contributed by atoms with Crippen molar-refractivity contribution in [3.63, 3.8) is 0 Å². The molecule has 0 radical (unpaired) electrons. The van der Waals surface area contributed by atoms with Gasteiger partial charge in [0.05, 0.1) is 11.8 Å². The summed E-state index contributed by atoms with van der Waals surface area (Å²) in [5, 5.41) is 5.97. The van der Waals surface area contributed by atoms with E-state index in [-0.39, 0.29) is 18.5 Å². The Kier molecular flexibility index (Phi) is 6.64. The summed E-state index contributed by atoms with van der Waals surface area (Å²) in [7, 11) is 0. The molecule has 2 N–H and O–H groups in total. The molecule has 0 aliphatic rings. The third kappa shape index (κ3) is 6.89. The standard InChI is InChI=1S/C18H15F4N3O2/c19-14-6-4-12(5-7-14)11-23-25-17(27)9-8-16(26)24-15-3-1-2-13(10-15)18(20,21)22/h1-7,10-11H,8-9H2,(H,24,26)(H,25,27). The minimum Gasteiger partial charge on any atom is -0.326 e. The molecule has 0 saturated heterocycles. The molecule has 0 aliphatic carbocycles. The smallest absolute Gasteiger partial charge is 0.326 e. The second-order valence-electron chi connectivity index (χ2n) is 5.47. The summed E-state index contributed by atoms with van der Waals surface area (Å²) in [5.41, 5.74) is 1.88. The fraction of sp³-hybridized carbons (Fsp3) is 0.167. The Labute approximate surface area is 152 Å². The summed E-state index contributed by atoms with van der Waals surface area (Å²) in [4.78, 5) is 23.4. The molecule has 0 atom stereocenters. The van der Waals surface area contributed by atoms with Crippen molar-refractivity contribution in [2.24, 2.45) is 5.10 Å². The van der Waals surface area contributed by atoms with Crippen LogP contribution in [0.1, 0.15) is 24.0 Å². The molecule has 0 aliphatic heterocycles. The van der Waals surface area contributed by atoms with Gasteiger partial charge in [0.2, 0.25) is 11.8 Å². The molecule has 0 bridgehead atoms. The Hall–Kier alpha value is -3.23. The first-order chi connectivity index (χ1) is 12.7. The van der Waals surface area contributed by atoms with Crippen molar-refractivity contribution in [1.29, 1.82) is 0 Å². The minimum absolute atomic E-state index is 0.00966. The highest BCUT2D eigenvalue weighted by molar-refractivity contribution is 5.93. The van der Waals surface area contributed by atoms with Crippen molar-refractivity contribution in [3.05, 3.63) is 65.5 Å². The predicted molar refractivity (Wildman–Crippen MR) is 91.4 cm³/mol. The van der Waals surface area contributed by atoms with E-state index in [1.54, 1.807) is 0 Å². The van der Waals surface area contributed by atoms with E-state index in [0.717, 1.165) is 12.1 Å². The maximum Gasteiger partial charge on any atom is 0.416 e.